The number of aliphatic hydroxyl groups is 1. The molecule has 1 aliphatic heterocycles. The van der Waals surface area contributed by atoms with Crippen LogP contribution < -0.4 is 14.8 Å². The van der Waals surface area contributed by atoms with E-state index in [-0.39, 0.29) is 11.9 Å². The number of amides is 1. The number of aliphatic hydroxyl groups excluding tert-OH is 1. The van der Waals surface area contributed by atoms with Crippen molar-refractivity contribution < 1.29 is 19.4 Å². The van der Waals surface area contributed by atoms with Crippen molar-refractivity contribution in [3.05, 3.63) is 59.2 Å². The normalized spacial score (nSPS) is 20.8. The van der Waals surface area contributed by atoms with Crippen LogP contribution in [0, 0.1) is 0 Å². The quantitative estimate of drug-likeness (QED) is 0.896. The van der Waals surface area contributed by atoms with Gasteiger partial charge < -0.3 is 19.9 Å². The number of hydrogen-bond donors (Lipinski definition) is 2. The van der Waals surface area contributed by atoms with Gasteiger partial charge in [-0.2, -0.15) is 0 Å². The molecule has 2 aliphatic rings. The molecule has 1 heterocycles. The molecular weight excluding hydrogens is 318 g/mol. The molecule has 1 amide bonds. The zero-order valence-corrected chi connectivity index (χ0v) is 13.9. The number of nitrogens with one attached hydrogen (secondary N) is 1. The van der Waals surface area contributed by atoms with Crippen molar-refractivity contribution in [3.8, 4) is 11.5 Å². The van der Waals surface area contributed by atoms with E-state index in [4.69, 9.17) is 9.47 Å². The third kappa shape index (κ3) is 3.33. The van der Waals surface area contributed by atoms with Gasteiger partial charge >= 0.3 is 0 Å². The number of benzene rings is 2. The summed E-state index contributed by atoms with van der Waals surface area (Å²) in [4.78, 5) is 12.3. The molecule has 5 nitrogen and oxygen atoms in total. The number of carbonyl (C=O) groups excluding carboxylic acids is 1. The molecule has 4 rings (SSSR count). The summed E-state index contributed by atoms with van der Waals surface area (Å²) < 4.78 is 11.1. The summed E-state index contributed by atoms with van der Waals surface area (Å²) >= 11 is 0. The average molecular weight is 339 g/mol. The van der Waals surface area contributed by atoms with E-state index in [0.29, 0.717) is 32.5 Å². The molecule has 0 bridgehead atoms. The molecule has 130 valence electrons. The number of hydrogen-bond acceptors (Lipinski definition) is 4. The summed E-state index contributed by atoms with van der Waals surface area (Å²) in [7, 11) is 0. The third-order valence-electron chi connectivity index (χ3n) is 4.77. The van der Waals surface area contributed by atoms with Gasteiger partial charge in [-0.25, -0.2) is 0 Å². The first-order chi connectivity index (χ1) is 12.2. The molecule has 0 saturated carbocycles. The lowest BCUT2D eigenvalue weighted by Crippen LogP contribution is -2.33. The van der Waals surface area contributed by atoms with Crippen LogP contribution in [0.3, 0.4) is 0 Å². The highest BCUT2D eigenvalue weighted by Crippen LogP contribution is 2.32. The van der Waals surface area contributed by atoms with Gasteiger partial charge in [0.15, 0.2) is 11.5 Å². The fourth-order valence-electron chi connectivity index (χ4n) is 3.49. The summed E-state index contributed by atoms with van der Waals surface area (Å²) in [5.41, 5.74) is 3.15. The summed E-state index contributed by atoms with van der Waals surface area (Å²) in [5, 5.41) is 13.2. The van der Waals surface area contributed by atoms with Crippen molar-refractivity contribution in [1.82, 2.24) is 5.32 Å². The Morgan fingerprint density at radius 1 is 1.12 bits per heavy atom. The van der Waals surface area contributed by atoms with Crippen LogP contribution in [-0.2, 0) is 17.6 Å². The molecule has 2 aromatic carbocycles. The van der Waals surface area contributed by atoms with Crippen LogP contribution in [0.15, 0.2) is 42.5 Å². The van der Waals surface area contributed by atoms with Crippen LogP contribution >= 0.6 is 0 Å². The van der Waals surface area contributed by atoms with Gasteiger partial charge in [-0.1, -0.05) is 30.3 Å². The largest absolute Gasteiger partial charge is 0.486 e. The van der Waals surface area contributed by atoms with E-state index in [9.17, 15) is 9.90 Å². The van der Waals surface area contributed by atoms with Gasteiger partial charge in [0.05, 0.1) is 12.1 Å². The van der Waals surface area contributed by atoms with Crippen LogP contribution in [0.4, 0.5) is 0 Å². The Kier molecular flexibility index (Phi) is 4.32. The Bertz CT molecular complexity index is 789. The first kappa shape index (κ1) is 16.0. The summed E-state index contributed by atoms with van der Waals surface area (Å²) in [6.45, 7) is 1.12. The second kappa shape index (κ2) is 6.76. The molecule has 1 aliphatic carbocycles. The molecule has 25 heavy (non-hydrogen) atoms. The van der Waals surface area contributed by atoms with Crippen molar-refractivity contribution in [2.45, 2.75) is 31.4 Å². The Labute approximate surface area is 146 Å². The first-order valence-corrected chi connectivity index (χ1v) is 8.64. The zero-order chi connectivity index (χ0) is 17.2. The lowest BCUT2D eigenvalue weighted by atomic mass is 10.1. The van der Waals surface area contributed by atoms with Crippen LogP contribution in [0.25, 0.3) is 0 Å². The van der Waals surface area contributed by atoms with Crippen molar-refractivity contribution >= 4 is 5.91 Å². The predicted octanol–water partition coefficient (Wildman–Crippen LogP) is 2.16. The predicted molar refractivity (Wildman–Crippen MR) is 92.8 cm³/mol. The number of rotatable bonds is 4. The molecule has 2 N–H and O–H groups in total. The van der Waals surface area contributed by atoms with E-state index < -0.39 is 6.10 Å². The second-order valence-corrected chi connectivity index (χ2v) is 6.49. The minimum atomic E-state index is -0.560. The van der Waals surface area contributed by atoms with Gasteiger partial charge in [0.1, 0.15) is 13.2 Å². The van der Waals surface area contributed by atoms with Gasteiger partial charge in [-0.15, -0.1) is 0 Å². The minimum absolute atomic E-state index is 0.0596. The van der Waals surface area contributed by atoms with Gasteiger partial charge in [0.2, 0.25) is 5.91 Å². The van der Waals surface area contributed by atoms with Crippen molar-refractivity contribution in [2.75, 3.05) is 13.2 Å². The molecule has 0 fully saturated rings. The summed E-state index contributed by atoms with van der Waals surface area (Å²) in [6.07, 6.45) is 1.01. The standard InChI is InChI=1S/C20H21NO4/c22-16-12-14-3-1-2-4-15(14)20(16)21-19(23)8-6-13-5-7-17-18(11-13)25-10-9-24-17/h1-5,7,11,16,20,22H,6,8-10,12H2,(H,21,23)/t16-,20+/m0/s1. The highest BCUT2D eigenvalue weighted by atomic mass is 16.6. The van der Waals surface area contributed by atoms with Crippen molar-refractivity contribution in [1.29, 1.82) is 0 Å². The smallest absolute Gasteiger partial charge is 0.220 e. The van der Waals surface area contributed by atoms with Crippen LogP contribution in [-0.4, -0.2) is 30.3 Å². The Hall–Kier alpha value is -2.53. The highest BCUT2D eigenvalue weighted by Gasteiger charge is 2.31. The molecule has 5 heteroatoms. The SMILES string of the molecule is O=C(CCc1ccc2c(c1)OCCO2)N[C@@H]1c2ccccc2C[C@@H]1O. The van der Waals surface area contributed by atoms with Crippen molar-refractivity contribution in [3.63, 3.8) is 0 Å². The van der Waals surface area contributed by atoms with E-state index >= 15 is 0 Å². The molecular formula is C20H21NO4. The second-order valence-electron chi connectivity index (χ2n) is 6.49. The number of aryl methyl sites for hydroxylation is 1. The van der Waals surface area contributed by atoms with Gasteiger partial charge in [-0.3, -0.25) is 4.79 Å². The van der Waals surface area contributed by atoms with E-state index in [2.05, 4.69) is 5.32 Å². The molecule has 0 aromatic heterocycles. The maximum absolute atomic E-state index is 12.3. The van der Waals surface area contributed by atoms with E-state index in [1.807, 2.05) is 42.5 Å². The molecule has 0 spiro atoms. The van der Waals surface area contributed by atoms with Crippen molar-refractivity contribution in [2.24, 2.45) is 0 Å². The van der Waals surface area contributed by atoms with E-state index in [1.54, 1.807) is 0 Å². The molecule has 0 radical (unpaired) electrons. The molecule has 0 unspecified atom stereocenters. The van der Waals surface area contributed by atoms with E-state index in [0.717, 1.165) is 28.2 Å². The fraction of sp³-hybridized carbons (Fsp3) is 0.350. The highest BCUT2D eigenvalue weighted by molar-refractivity contribution is 5.77. The van der Waals surface area contributed by atoms with Gasteiger partial charge in [0, 0.05) is 12.8 Å². The van der Waals surface area contributed by atoms with Crippen LogP contribution in [0.2, 0.25) is 0 Å². The number of ether oxygens (including phenoxy) is 2. The number of fused-ring (bicyclic) bond motifs is 2. The maximum Gasteiger partial charge on any atom is 0.220 e. The lowest BCUT2D eigenvalue weighted by Gasteiger charge is -2.19. The van der Waals surface area contributed by atoms with Gasteiger partial charge in [-0.05, 0) is 35.2 Å². The van der Waals surface area contributed by atoms with Gasteiger partial charge in [0.25, 0.3) is 0 Å². The molecule has 0 saturated heterocycles. The average Bonchev–Trinajstić information content (AvgIpc) is 2.95. The Morgan fingerprint density at radius 2 is 1.92 bits per heavy atom. The maximum atomic E-state index is 12.3. The Balaban J connectivity index is 1.37. The summed E-state index contributed by atoms with van der Waals surface area (Å²) in [5.74, 6) is 1.44. The zero-order valence-electron chi connectivity index (χ0n) is 13.9. The lowest BCUT2D eigenvalue weighted by molar-refractivity contribution is -0.122. The molecule has 2 aromatic rings. The van der Waals surface area contributed by atoms with E-state index in [1.165, 1.54) is 0 Å². The first-order valence-electron chi connectivity index (χ1n) is 8.64. The van der Waals surface area contributed by atoms with Crippen LogP contribution in [0.1, 0.15) is 29.2 Å². The Morgan fingerprint density at radius 3 is 2.80 bits per heavy atom. The molecule has 2 atom stereocenters. The fourth-order valence-corrected chi connectivity index (χ4v) is 3.49. The third-order valence-corrected chi connectivity index (χ3v) is 4.77. The topological polar surface area (TPSA) is 67.8 Å². The summed E-state index contributed by atoms with van der Waals surface area (Å²) in [6, 6.07) is 13.3. The monoisotopic (exact) mass is 339 g/mol. The van der Waals surface area contributed by atoms with Crippen LogP contribution in [0.5, 0.6) is 11.5 Å². The number of carbonyl (C=O) groups is 1. The minimum Gasteiger partial charge on any atom is -0.486 e.